The predicted molar refractivity (Wildman–Crippen MR) is 59.5 cm³/mol. The first kappa shape index (κ1) is 12.5. The summed E-state index contributed by atoms with van der Waals surface area (Å²) in [5, 5.41) is 15.9. The molecule has 0 aliphatic carbocycles. The third-order valence-corrected chi connectivity index (χ3v) is 3.32. The standard InChI is InChI=1S/C11H22N2O2/c1-10(2,11(3,4)15)13-9(14)5-8-6-12-7-8/h8,12,15H,5-7H2,1-4H3,(H,13,14). The van der Waals surface area contributed by atoms with E-state index in [0.29, 0.717) is 12.3 Å². The summed E-state index contributed by atoms with van der Waals surface area (Å²) in [6.45, 7) is 8.94. The summed E-state index contributed by atoms with van der Waals surface area (Å²) in [7, 11) is 0. The highest BCUT2D eigenvalue weighted by molar-refractivity contribution is 5.77. The summed E-state index contributed by atoms with van der Waals surface area (Å²) in [6.07, 6.45) is 0.548. The number of amides is 1. The summed E-state index contributed by atoms with van der Waals surface area (Å²) < 4.78 is 0. The molecular weight excluding hydrogens is 192 g/mol. The van der Waals surface area contributed by atoms with Crippen LogP contribution in [0.2, 0.25) is 0 Å². The van der Waals surface area contributed by atoms with Crippen molar-refractivity contribution in [1.29, 1.82) is 0 Å². The highest BCUT2D eigenvalue weighted by atomic mass is 16.3. The Balaban J connectivity index is 2.42. The van der Waals surface area contributed by atoms with Gasteiger partial charge in [0.25, 0.3) is 0 Å². The van der Waals surface area contributed by atoms with Crippen molar-refractivity contribution in [1.82, 2.24) is 10.6 Å². The van der Waals surface area contributed by atoms with Crippen LogP contribution in [-0.4, -0.2) is 35.2 Å². The first-order valence-electron chi connectivity index (χ1n) is 5.46. The van der Waals surface area contributed by atoms with Crippen molar-refractivity contribution in [2.24, 2.45) is 5.92 Å². The number of carbonyl (C=O) groups excluding carboxylic acids is 1. The molecule has 0 radical (unpaired) electrons. The van der Waals surface area contributed by atoms with Crippen molar-refractivity contribution in [3.8, 4) is 0 Å². The maximum atomic E-state index is 11.7. The molecular formula is C11H22N2O2. The lowest BCUT2D eigenvalue weighted by atomic mass is 9.85. The van der Waals surface area contributed by atoms with Crippen LogP contribution >= 0.6 is 0 Å². The molecule has 1 aliphatic rings. The third kappa shape index (κ3) is 3.18. The largest absolute Gasteiger partial charge is 0.388 e. The molecule has 88 valence electrons. The fourth-order valence-electron chi connectivity index (χ4n) is 1.31. The van der Waals surface area contributed by atoms with Gasteiger partial charge in [0.1, 0.15) is 0 Å². The predicted octanol–water partition coefficient (Wildman–Crippen LogP) is 0.262. The lowest BCUT2D eigenvalue weighted by Crippen LogP contribution is -2.58. The van der Waals surface area contributed by atoms with Gasteiger partial charge in [0, 0.05) is 6.42 Å². The molecule has 0 unspecified atom stereocenters. The van der Waals surface area contributed by atoms with Gasteiger partial charge in [-0.2, -0.15) is 0 Å². The minimum Gasteiger partial charge on any atom is -0.388 e. The fourth-order valence-corrected chi connectivity index (χ4v) is 1.31. The average molecular weight is 214 g/mol. The number of rotatable bonds is 4. The molecule has 4 heteroatoms. The zero-order chi connectivity index (χ0) is 11.7. The van der Waals surface area contributed by atoms with Crippen LogP contribution in [0.25, 0.3) is 0 Å². The number of carbonyl (C=O) groups is 1. The van der Waals surface area contributed by atoms with Gasteiger partial charge in [-0.3, -0.25) is 4.79 Å². The summed E-state index contributed by atoms with van der Waals surface area (Å²) in [4.78, 5) is 11.7. The Labute approximate surface area is 91.4 Å². The number of aliphatic hydroxyl groups is 1. The van der Waals surface area contributed by atoms with Crippen molar-refractivity contribution in [3.05, 3.63) is 0 Å². The second kappa shape index (κ2) is 4.10. The molecule has 0 atom stereocenters. The molecule has 1 amide bonds. The lowest BCUT2D eigenvalue weighted by molar-refractivity contribution is -0.127. The quantitative estimate of drug-likeness (QED) is 0.629. The second-order valence-electron chi connectivity index (χ2n) is 5.46. The number of hydrogen-bond donors (Lipinski definition) is 3. The van der Waals surface area contributed by atoms with Gasteiger partial charge in [-0.15, -0.1) is 0 Å². The van der Waals surface area contributed by atoms with Gasteiger partial charge in [0.05, 0.1) is 11.1 Å². The van der Waals surface area contributed by atoms with Crippen LogP contribution in [0.5, 0.6) is 0 Å². The van der Waals surface area contributed by atoms with Crippen molar-refractivity contribution in [3.63, 3.8) is 0 Å². The Morgan fingerprint density at radius 1 is 1.40 bits per heavy atom. The summed E-state index contributed by atoms with van der Waals surface area (Å²) in [5.74, 6) is 0.483. The molecule has 0 aromatic carbocycles. The molecule has 0 aromatic heterocycles. The van der Waals surface area contributed by atoms with Crippen LogP contribution < -0.4 is 10.6 Å². The van der Waals surface area contributed by atoms with E-state index in [0.717, 1.165) is 13.1 Å². The summed E-state index contributed by atoms with van der Waals surface area (Å²) in [5.41, 5.74) is -1.51. The van der Waals surface area contributed by atoms with Crippen LogP contribution in [0.3, 0.4) is 0 Å². The average Bonchev–Trinajstić information content (AvgIpc) is 1.93. The van der Waals surface area contributed by atoms with E-state index in [-0.39, 0.29) is 5.91 Å². The molecule has 1 heterocycles. The molecule has 3 N–H and O–H groups in total. The van der Waals surface area contributed by atoms with Crippen LogP contribution in [0, 0.1) is 5.92 Å². The van der Waals surface area contributed by atoms with E-state index in [2.05, 4.69) is 10.6 Å². The minimum absolute atomic E-state index is 0.0219. The van der Waals surface area contributed by atoms with Gasteiger partial charge in [-0.25, -0.2) is 0 Å². The van der Waals surface area contributed by atoms with Gasteiger partial charge < -0.3 is 15.7 Å². The van der Waals surface area contributed by atoms with Crippen molar-refractivity contribution in [2.45, 2.75) is 45.3 Å². The number of hydrogen-bond acceptors (Lipinski definition) is 3. The Morgan fingerprint density at radius 2 is 1.93 bits per heavy atom. The zero-order valence-electron chi connectivity index (χ0n) is 10.1. The topological polar surface area (TPSA) is 61.4 Å². The van der Waals surface area contributed by atoms with Gasteiger partial charge in [0.15, 0.2) is 0 Å². The first-order valence-corrected chi connectivity index (χ1v) is 5.46. The van der Waals surface area contributed by atoms with E-state index >= 15 is 0 Å². The molecule has 15 heavy (non-hydrogen) atoms. The van der Waals surface area contributed by atoms with Crippen LogP contribution in [0.4, 0.5) is 0 Å². The van der Waals surface area contributed by atoms with E-state index in [9.17, 15) is 9.90 Å². The summed E-state index contributed by atoms with van der Waals surface area (Å²) in [6, 6.07) is 0. The Morgan fingerprint density at radius 3 is 2.27 bits per heavy atom. The van der Waals surface area contributed by atoms with Crippen molar-refractivity contribution >= 4 is 5.91 Å². The highest BCUT2D eigenvalue weighted by Gasteiger charge is 2.36. The van der Waals surface area contributed by atoms with Crippen LogP contribution in [0.1, 0.15) is 34.1 Å². The SMILES string of the molecule is CC(C)(O)C(C)(C)NC(=O)CC1CNC1. The maximum Gasteiger partial charge on any atom is 0.220 e. The molecule has 4 nitrogen and oxygen atoms in total. The second-order valence-corrected chi connectivity index (χ2v) is 5.46. The van der Waals surface area contributed by atoms with Gasteiger partial charge in [-0.1, -0.05) is 0 Å². The smallest absolute Gasteiger partial charge is 0.220 e. The molecule has 0 bridgehead atoms. The van der Waals surface area contributed by atoms with E-state index in [1.807, 2.05) is 13.8 Å². The monoisotopic (exact) mass is 214 g/mol. The molecule has 0 saturated carbocycles. The third-order valence-electron chi connectivity index (χ3n) is 3.32. The van der Waals surface area contributed by atoms with Gasteiger partial charge >= 0.3 is 0 Å². The molecule has 1 rings (SSSR count). The van der Waals surface area contributed by atoms with Gasteiger partial charge in [-0.05, 0) is 46.7 Å². The number of nitrogens with one attached hydrogen (secondary N) is 2. The van der Waals surface area contributed by atoms with E-state index in [4.69, 9.17) is 0 Å². The molecule has 1 fully saturated rings. The molecule has 1 saturated heterocycles. The van der Waals surface area contributed by atoms with E-state index in [1.54, 1.807) is 13.8 Å². The fraction of sp³-hybridized carbons (Fsp3) is 0.909. The van der Waals surface area contributed by atoms with E-state index in [1.165, 1.54) is 0 Å². The first-order chi connectivity index (χ1) is 6.72. The van der Waals surface area contributed by atoms with Gasteiger partial charge in [0.2, 0.25) is 5.91 Å². The lowest BCUT2D eigenvalue weighted by Gasteiger charge is -2.38. The molecule has 1 aliphatic heterocycles. The summed E-state index contributed by atoms with van der Waals surface area (Å²) >= 11 is 0. The Hall–Kier alpha value is -0.610. The van der Waals surface area contributed by atoms with E-state index < -0.39 is 11.1 Å². The van der Waals surface area contributed by atoms with Crippen molar-refractivity contribution in [2.75, 3.05) is 13.1 Å². The zero-order valence-corrected chi connectivity index (χ0v) is 10.1. The maximum absolute atomic E-state index is 11.7. The highest BCUT2D eigenvalue weighted by Crippen LogP contribution is 2.21. The Bertz CT molecular complexity index is 239. The minimum atomic E-state index is -0.916. The van der Waals surface area contributed by atoms with Crippen molar-refractivity contribution < 1.29 is 9.90 Å². The Kier molecular flexibility index (Phi) is 3.41. The van der Waals surface area contributed by atoms with Crippen LogP contribution in [-0.2, 0) is 4.79 Å². The molecule has 0 aromatic rings. The van der Waals surface area contributed by atoms with Crippen LogP contribution in [0.15, 0.2) is 0 Å². The normalized spacial score (nSPS) is 18.5. The molecule has 0 spiro atoms.